The highest BCUT2D eigenvalue weighted by atomic mass is 19.1. The van der Waals surface area contributed by atoms with Crippen LogP contribution in [0.2, 0.25) is 0 Å². The van der Waals surface area contributed by atoms with Crippen molar-refractivity contribution in [3.05, 3.63) is 0 Å². The first-order valence-corrected chi connectivity index (χ1v) is 17.6. The third-order valence-corrected chi connectivity index (χ3v) is 11.0. The van der Waals surface area contributed by atoms with Crippen LogP contribution in [0.3, 0.4) is 0 Å². The van der Waals surface area contributed by atoms with E-state index in [2.05, 4.69) is 9.89 Å². The fourth-order valence-corrected chi connectivity index (χ4v) is 8.04. The SMILES string of the molecule is CCC(=O)/N=C1\[C@H](C)C[C@@]2(C)OCC(=O)CCC([C@H]1C)[C@](C)(O)[C@@H](CC)OC(=O)[C@@](C)(F)C(=O)[C@H](C)[C@H]2O[C@H]1C[C@@H](N(C)C)C[C@@H](C)O1. The number of amides is 1. The molecule has 274 valence electrons. The first-order chi connectivity index (χ1) is 22.2. The van der Waals surface area contributed by atoms with Gasteiger partial charge in [-0.2, -0.15) is 0 Å². The van der Waals surface area contributed by atoms with Crippen molar-refractivity contribution in [3.8, 4) is 0 Å². The number of rotatable bonds is 5. The number of cyclic esters (lactones) is 1. The van der Waals surface area contributed by atoms with E-state index in [1.165, 1.54) is 13.8 Å². The van der Waals surface area contributed by atoms with Gasteiger partial charge in [0.25, 0.3) is 5.67 Å². The number of Topliss-reactive ketones (excluding diaryl/α,β-unsaturated/α-hetero) is 2. The standard InChI is InChI=1S/C36H59FN2O9/c1-12-27-36(9,44)26-15-14-25(40)19-45-34(7,18-20(3)30(22(26)5)38-28(41)13-2)32(23(6)31(42)35(8,37)33(43)47-27)48-29-17-24(39(10)11)16-21(4)46-29/h20-24,26-27,29,32,44H,12-19H2,1-11H3/b38-30+/t20-,21-,22-,23+,24+,26?,27-,29+,32-,34-,35+,36+/m1/s1. The molecule has 0 radical (unpaired) electrons. The Morgan fingerprint density at radius 2 is 1.71 bits per heavy atom. The fraction of sp³-hybridized carbons (Fsp3) is 0.861. The van der Waals surface area contributed by atoms with Gasteiger partial charge in [-0.1, -0.05) is 34.6 Å². The molecule has 0 aromatic carbocycles. The Bertz CT molecular complexity index is 1220. The summed E-state index contributed by atoms with van der Waals surface area (Å²) in [6.45, 7) is 14.3. The molecule has 48 heavy (non-hydrogen) atoms. The van der Waals surface area contributed by atoms with E-state index in [0.717, 1.165) is 13.3 Å². The lowest BCUT2D eigenvalue weighted by Gasteiger charge is -2.46. The Balaban J connectivity index is 2.31. The van der Waals surface area contributed by atoms with Gasteiger partial charge in [0, 0.05) is 42.9 Å². The highest BCUT2D eigenvalue weighted by Gasteiger charge is 2.56. The first kappa shape index (κ1) is 40.3. The monoisotopic (exact) mass is 682 g/mol. The van der Waals surface area contributed by atoms with E-state index >= 15 is 4.39 Å². The van der Waals surface area contributed by atoms with E-state index in [0.29, 0.717) is 12.1 Å². The van der Waals surface area contributed by atoms with Crippen LogP contribution in [0.5, 0.6) is 0 Å². The molecule has 2 bridgehead atoms. The molecule has 3 saturated heterocycles. The molecule has 3 aliphatic rings. The molecular formula is C36H59FN2O9. The minimum absolute atomic E-state index is 0.0175. The fourth-order valence-electron chi connectivity index (χ4n) is 8.04. The Kier molecular flexibility index (Phi) is 13.3. The topological polar surface area (TPSA) is 141 Å². The van der Waals surface area contributed by atoms with Gasteiger partial charge in [-0.15, -0.1) is 0 Å². The number of nitrogens with zero attached hydrogens (tertiary/aromatic N) is 2. The van der Waals surface area contributed by atoms with Gasteiger partial charge in [-0.05, 0) is 79.3 Å². The maximum Gasteiger partial charge on any atom is 0.351 e. The number of aliphatic hydroxyl groups is 1. The molecule has 0 aromatic rings. The van der Waals surface area contributed by atoms with E-state index < -0.39 is 70.8 Å². The van der Waals surface area contributed by atoms with Crippen molar-refractivity contribution in [2.24, 2.45) is 28.7 Å². The van der Waals surface area contributed by atoms with E-state index in [-0.39, 0.29) is 62.5 Å². The Labute approximate surface area is 285 Å². The third-order valence-electron chi connectivity index (χ3n) is 11.0. The minimum atomic E-state index is -3.09. The molecular weight excluding hydrogens is 623 g/mol. The molecule has 1 unspecified atom stereocenters. The number of aliphatic imine (C=N–C) groups is 1. The molecule has 0 aliphatic carbocycles. The van der Waals surface area contributed by atoms with Gasteiger partial charge in [0.15, 0.2) is 17.9 Å². The van der Waals surface area contributed by atoms with Crippen molar-refractivity contribution in [1.29, 1.82) is 0 Å². The lowest BCUT2D eigenvalue weighted by atomic mass is 9.68. The molecule has 0 aromatic heterocycles. The summed E-state index contributed by atoms with van der Waals surface area (Å²) in [4.78, 5) is 60.7. The van der Waals surface area contributed by atoms with Crippen molar-refractivity contribution in [2.75, 3.05) is 20.7 Å². The predicted molar refractivity (Wildman–Crippen MR) is 178 cm³/mol. The normalized spacial score (nSPS) is 43.3. The number of esters is 1. The Hall–Kier alpha value is -2.12. The van der Waals surface area contributed by atoms with Crippen molar-refractivity contribution < 1.29 is 47.6 Å². The molecule has 1 N–H and O–H groups in total. The average Bonchev–Trinajstić information content (AvgIpc) is 3.02. The first-order valence-electron chi connectivity index (χ1n) is 17.6. The molecule has 0 spiro atoms. The molecule has 3 heterocycles. The van der Waals surface area contributed by atoms with Crippen molar-refractivity contribution in [2.45, 2.75) is 155 Å². The summed E-state index contributed by atoms with van der Waals surface area (Å²) in [7, 11) is 3.92. The van der Waals surface area contributed by atoms with Gasteiger partial charge in [0.1, 0.15) is 18.3 Å². The lowest BCUT2D eigenvalue weighted by Crippen LogP contribution is -2.59. The number of hydrogen-bond donors (Lipinski definition) is 1. The second-order valence-electron chi connectivity index (χ2n) is 15.2. The van der Waals surface area contributed by atoms with Crippen molar-refractivity contribution in [1.82, 2.24) is 4.90 Å². The maximum atomic E-state index is 16.6. The summed E-state index contributed by atoms with van der Waals surface area (Å²) in [5.41, 5.74) is -5.80. The zero-order chi connectivity index (χ0) is 36.4. The highest BCUT2D eigenvalue weighted by Crippen LogP contribution is 2.43. The molecule has 1 amide bonds. The summed E-state index contributed by atoms with van der Waals surface area (Å²) < 4.78 is 41.5. The third kappa shape index (κ3) is 8.78. The summed E-state index contributed by atoms with van der Waals surface area (Å²) in [6, 6.07) is 0.0989. The molecule has 12 atom stereocenters. The number of hydrogen-bond acceptors (Lipinski definition) is 10. The van der Waals surface area contributed by atoms with Gasteiger partial charge >= 0.3 is 5.97 Å². The van der Waals surface area contributed by atoms with Crippen LogP contribution in [0.15, 0.2) is 4.99 Å². The largest absolute Gasteiger partial charge is 0.457 e. The number of carbonyl (C=O) groups is 4. The molecule has 12 heteroatoms. The van der Waals surface area contributed by atoms with Crippen molar-refractivity contribution in [3.63, 3.8) is 0 Å². The van der Waals surface area contributed by atoms with Crippen LogP contribution in [0.25, 0.3) is 0 Å². The van der Waals surface area contributed by atoms with Crippen LogP contribution in [-0.2, 0) is 38.1 Å². The molecule has 11 nitrogen and oxygen atoms in total. The smallest absolute Gasteiger partial charge is 0.351 e. The highest BCUT2D eigenvalue weighted by molar-refractivity contribution is 6.08. The van der Waals surface area contributed by atoms with Gasteiger partial charge < -0.3 is 29.0 Å². The summed E-state index contributed by atoms with van der Waals surface area (Å²) in [5, 5.41) is 12.1. The average molecular weight is 683 g/mol. The van der Waals surface area contributed by atoms with E-state index in [1.807, 2.05) is 34.9 Å². The van der Waals surface area contributed by atoms with Gasteiger partial charge in [-0.25, -0.2) is 14.2 Å². The zero-order valence-corrected chi connectivity index (χ0v) is 30.8. The molecule has 0 saturated carbocycles. The van der Waals surface area contributed by atoms with Crippen LogP contribution in [-0.4, -0.2) is 107 Å². The zero-order valence-electron chi connectivity index (χ0n) is 30.8. The number of carbonyl (C=O) groups excluding carboxylic acids is 4. The number of fused-ring (bicyclic) bond motifs is 5. The minimum Gasteiger partial charge on any atom is -0.457 e. The molecule has 3 rings (SSSR count). The molecule has 3 aliphatic heterocycles. The number of ketones is 2. The van der Waals surface area contributed by atoms with Crippen LogP contribution in [0.1, 0.15) is 107 Å². The van der Waals surface area contributed by atoms with Crippen molar-refractivity contribution >= 4 is 29.2 Å². The van der Waals surface area contributed by atoms with Gasteiger partial charge in [-0.3, -0.25) is 14.4 Å². The van der Waals surface area contributed by atoms with Gasteiger partial charge in [0.05, 0.1) is 17.8 Å². The Morgan fingerprint density at radius 1 is 1.06 bits per heavy atom. The van der Waals surface area contributed by atoms with Crippen LogP contribution in [0.4, 0.5) is 4.39 Å². The van der Waals surface area contributed by atoms with Crippen LogP contribution < -0.4 is 0 Å². The van der Waals surface area contributed by atoms with Crippen LogP contribution in [0, 0.1) is 23.7 Å². The summed E-state index contributed by atoms with van der Waals surface area (Å²) in [5.74, 6) is -6.13. The summed E-state index contributed by atoms with van der Waals surface area (Å²) in [6.07, 6.45) is -1.63. The number of halogens is 1. The second kappa shape index (κ2) is 15.8. The van der Waals surface area contributed by atoms with Crippen LogP contribution >= 0.6 is 0 Å². The van der Waals surface area contributed by atoms with Gasteiger partial charge in [0.2, 0.25) is 5.91 Å². The maximum absolute atomic E-state index is 16.6. The van der Waals surface area contributed by atoms with E-state index in [1.54, 1.807) is 20.8 Å². The molecule has 3 fully saturated rings. The lowest BCUT2D eigenvalue weighted by molar-refractivity contribution is -0.265. The summed E-state index contributed by atoms with van der Waals surface area (Å²) >= 11 is 0. The van der Waals surface area contributed by atoms with E-state index in [9.17, 15) is 24.3 Å². The number of ether oxygens (including phenoxy) is 4. The number of alkyl halides is 1. The Morgan fingerprint density at radius 3 is 2.29 bits per heavy atom. The quantitative estimate of drug-likeness (QED) is 0.322. The van der Waals surface area contributed by atoms with E-state index in [4.69, 9.17) is 18.9 Å². The predicted octanol–water partition coefficient (Wildman–Crippen LogP) is 4.64. The second-order valence-corrected chi connectivity index (χ2v) is 15.2.